The molecule has 36 heavy (non-hydrogen) atoms. The van der Waals surface area contributed by atoms with Crippen molar-refractivity contribution < 1.29 is 39.6 Å². The van der Waals surface area contributed by atoms with Crippen LogP contribution in [0.1, 0.15) is 79.1 Å². The van der Waals surface area contributed by atoms with Crippen molar-refractivity contribution in [3.8, 4) is 0 Å². The number of aliphatic imine (C=N–C) groups is 2. The molecule has 0 bridgehead atoms. The van der Waals surface area contributed by atoms with Crippen LogP contribution in [-0.4, -0.2) is 68.4 Å². The van der Waals surface area contributed by atoms with Crippen LogP contribution in [0.25, 0.3) is 0 Å². The van der Waals surface area contributed by atoms with Gasteiger partial charge in [-0.3, -0.25) is 29.2 Å². The van der Waals surface area contributed by atoms with E-state index in [0.29, 0.717) is 24.3 Å². The first-order valence-corrected chi connectivity index (χ1v) is 12.0. The maximum Gasteiger partial charge on any atom is 0.305 e. The number of rotatable bonds is 9. The fourth-order valence-corrected chi connectivity index (χ4v) is 4.56. The molecule has 2 rings (SSSR count). The van der Waals surface area contributed by atoms with Crippen LogP contribution in [0.4, 0.5) is 0 Å². The van der Waals surface area contributed by atoms with Crippen LogP contribution in [0.5, 0.6) is 0 Å². The topological polar surface area (TPSA) is 174 Å². The monoisotopic (exact) mass is 504 g/mol. The summed E-state index contributed by atoms with van der Waals surface area (Å²) in [6, 6.07) is 0. The quantitative estimate of drug-likeness (QED) is 0.269. The predicted octanol–water partition coefficient (Wildman–Crippen LogP) is 4.00. The average Bonchev–Trinajstić information content (AvgIpc) is 2.69. The number of ketones is 2. The molecule has 0 heterocycles. The van der Waals surface area contributed by atoms with Crippen LogP contribution in [-0.2, 0) is 19.2 Å². The third kappa shape index (κ3) is 8.13. The van der Waals surface area contributed by atoms with Gasteiger partial charge in [-0.1, -0.05) is 27.7 Å². The summed E-state index contributed by atoms with van der Waals surface area (Å²) in [5.41, 5.74) is -0.0132. The van der Waals surface area contributed by atoms with E-state index in [2.05, 4.69) is 9.98 Å². The van der Waals surface area contributed by atoms with Crippen molar-refractivity contribution in [1.82, 2.24) is 0 Å². The number of aliphatic hydroxyl groups excluding tert-OH is 2. The average molecular weight is 505 g/mol. The SMILES string of the molecule is CC1(C)CC(=O)C(=C(O)CCC(O)=C2C(=O)CC(C)(C)CC2=NCCC(=O)O)C(=NCCC(=O)O)C1. The minimum absolute atomic E-state index is 0.0272. The Balaban J connectivity index is 2.34. The number of carbonyl (C=O) groups excluding carboxylic acids is 2. The van der Waals surface area contributed by atoms with Crippen LogP contribution in [0.2, 0.25) is 0 Å². The third-order valence-electron chi connectivity index (χ3n) is 6.14. The minimum atomic E-state index is -1.02. The smallest absolute Gasteiger partial charge is 0.305 e. The number of allylic oxidation sites excluding steroid dienone is 4. The van der Waals surface area contributed by atoms with Crippen LogP contribution in [0, 0.1) is 10.8 Å². The summed E-state index contributed by atoms with van der Waals surface area (Å²) < 4.78 is 0. The fraction of sp³-hybridized carbons (Fsp3) is 0.615. The highest BCUT2D eigenvalue weighted by molar-refractivity contribution is 6.25. The number of Topliss-reactive ketones (excluding diaryl/α,β-unsaturated/α-hetero) is 2. The molecule has 198 valence electrons. The molecule has 0 atom stereocenters. The first-order valence-electron chi connectivity index (χ1n) is 12.0. The summed E-state index contributed by atoms with van der Waals surface area (Å²) in [4.78, 5) is 56.0. The Morgan fingerprint density at radius 1 is 0.639 bits per heavy atom. The molecule has 2 aliphatic rings. The molecule has 10 nitrogen and oxygen atoms in total. The number of nitrogens with zero attached hydrogens (tertiary/aromatic N) is 2. The lowest BCUT2D eigenvalue weighted by Gasteiger charge is -2.32. The molecule has 0 radical (unpaired) electrons. The maximum atomic E-state index is 12.8. The van der Waals surface area contributed by atoms with Crippen LogP contribution >= 0.6 is 0 Å². The summed E-state index contributed by atoms with van der Waals surface area (Å²) in [6.07, 6.45) is 0.471. The Morgan fingerprint density at radius 2 is 0.972 bits per heavy atom. The Bertz CT molecular complexity index is 976. The summed E-state index contributed by atoms with van der Waals surface area (Å²) in [6.45, 7) is 7.51. The highest BCUT2D eigenvalue weighted by Gasteiger charge is 2.38. The summed E-state index contributed by atoms with van der Waals surface area (Å²) in [5.74, 6) is -3.21. The molecule has 10 heteroatoms. The largest absolute Gasteiger partial charge is 0.511 e. The zero-order chi connectivity index (χ0) is 27.3. The Labute approximate surface area is 210 Å². The van der Waals surface area contributed by atoms with E-state index in [4.69, 9.17) is 10.2 Å². The summed E-state index contributed by atoms with van der Waals surface area (Å²) in [7, 11) is 0. The Kier molecular flexibility index (Phi) is 9.34. The van der Waals surface area contributed by atoms with Crippen molar-refractivity contribution in [2.24, 2.45) is 20.8 Å². The number of hydrogen-bond donors (Lipinski definition) is 4. The van der Waals surface area contributed by atoms with Gasteiger partial charge in [-0.05, 0) is 23.7 Å². The van der Waals surface area contributed by atoms with Gasteiger partial charge in [0.25, 0.3) is 0 Å². The highest BCUT2D eigenvalue weighted by Crippen LogP contribution is 2.38. The molecule has 2 fully saturated rings. The van der Waals surface area contributed by atoms with Gasteiger partial charge in [-0.15, -0.1) is 0 Å². The molecule has 2 saturated carbocycles. The number of carbonyl (C=O) groups is 4. The lowest BCUT2D eigenvalue weighted by atomic mass is 9.72. The summed E-state index contributed by atoms with van der Waals surface area (Å²) in [5, 5.41) is 39.4. The Hall–Kier alpha value is -3.30. The normalized spacial score (nSPS) is 24.7. The van der Waals surface area contributed by atoms with Gasteiger partial charge < -0.3 is 20.4 Å². The maximum absolute atomic E-state index is 12.8. The number of aliphatic hydroxyl groups is 2. The van der Waals surface area contributed by atoms with Gasteiger partial charge in [-0.2, -0.15) is 0 Å². The zero-order valence-electron chi connectivity index (χ0n) is 21.4. The van der Waals surface area contributed by atoms with Gasteiger partial charge in [0.1, 0.15) is 11.5 Å². The standard InChI is InChI=1S/C26H36N2O8/c1-25(2)11-15(27-9-7-21(33)34)23(19(31)13-25)17(29)5-6-18(30)24-16(28-10-8-22(35)36)12-26(3,4)14-20(24)32/h29-30H,5-14H2,1-4H3,(H,33,34)(H,35,36). The minimum Gasteiger partial charge on any atom is -0.511 e. The predicted molar refractivity (Wildman–Crippen MR) is 134 cm³/mol. The number of aliphatic carboxylic acids is 2. The lowest BCUT2D eigenvalue weighted by Crippen LogP contribution is -2.33. The van der Waals surface area contributed by atoms with Crippen molar-refractivity contribution in [2.45, 2.75) is 79.1 Å². The van der Waals surface area contributed by atoms with Crippen molar-refractivity contribution in [2.75, 3.05) is 13.1 Å². The highest BCUT2D eigenvalue weighted by atomic mass is 16.4. The molecule has 0 amide bonds. The van der Waals surface area contributed by atoms with Gasteiger partial charge in [0.2, 0.25) is 0 Å². The van der Waals surface area contributed by atoms with Gasteiger partial charge in [0.15, 0.2) is 11.6 Å². The molecule has 0 saturated heterocycles. The molecule has 0 aromatic carbocycles. The zero-order valence-corrected chi connectivity index (χ0v) is 21.4. The van der Waals surface area contributed by atoms with Gasteiger partial charge >= 0.3 is 11.9 Å². The van der Waals surface area contributed by atoms with Crippen molar-refractivity contribution in [3.63, 3.8) is 0 Å². The van der Waals surface area contributed by atoms with Crippen LogP contribution < -0.4 is 0 Å². The van der Waals surface area contributed by atoms with E-state index in [1.807, 2.05) is 27.7 Å². The third-order valence-corrected chi connectivity index (χ3v) is 6.14. The van der Waals surface area contributed by atoms with Gasteiger partial charge in [0.05, 0.1) is 24.0 Å². The molecule has 0 spiro atoms. The van der Waals surface area contributed by atoms with E-state index >= 15 is 0 Å². The lowest BCUT2D eigenvalue weighted by molar-refractivity contribution is -0.137. The van der Waals surface area contributed by atoms with Gasteiger partial charge in [0, 0.05) is 50.2 Å². The molecule has 2 aliphatic carbocycles. The second kappa shape index (κ2) is 11.6. The molecular formula is C26H36N2O8. The molecular weight excluding hydrogens is 468 g/mol. The summed E-state index contributed by atoms with van der Waals surface area (Å²) >= 11 is 0. The van der Waals surface area contributed by atoms with E-state index in [1.165, 1.54) is 0 Å². The van der Waals surface area contributed by atoms with E-state index in [-0.39, 0.29) is 85.8 Å². The number of carboxylic acid groups (broad SMARTS) is 2. The van der Waals surface area contributed by atoms with Crippen molar-refractivity contribution in [3.05, 3.63) is 22.7 Å². The van der Waals surface area contributed by atoms with E-state index in [0.717, 1.165) is 0 Å². The molecule has 0 aromatic heterocycles. The second-order valence-electron chi connectivity index (χ2n) is 11.0. The second-order valence-corrected chi connectivity index (χ2v) is 11.0. The number of carboxylic acids is 2. The Morgan fingerprint density at radius 3 is 1.28 bits per heavy atom. The molecule has 0 aliphatic heterocycles. The van der Waals surface area contributed by atoms with Crippen LogP contribution in [0.15, 0.2) is 32.6 Å². The first kappa shape index (κ1) is 28.9. The fourth-order valence-electron chi connectivity index (χ4n) is 4.56. The van der Waals surface area contributed by atoms with E-state index < -0.39 is 22.8 Å². The molecule has 0 aromatic rings. The van der Waals surface area contributed by atoms with Crippen molar-refractivity contribution in [1.29, 1.82) is 0 Å². The number of hydrogen-bond acceptors (Lipinski definition) is 8. The van der Waals surface area contributed by atoms with E-state index in [9.17, 15) is 29.4 Å². The van der Waals surface area contributed by atoms with Crippen LogP contribution in [0.3, 0.4) is 0 Å². The van der Waals surface area contributed by atoms with Crippen molar-refractivity contribution >= 4 is 34.9 Å². The van der Waals surface area contributed by atoms with Gasteiger partial charge in [-0.25, -0.2) is 0 Å². The molecule has 4 N–H and O–H groups in total. The molecule has 0 unspecified atom stereocenters. The van der Waals surface area contributed by atoms with E-state index in [1.54, 1.807) is 0 Å². The first-order chi connectivity index (χ1) is 16.6.